The number of morpholine rings is 2. The van der Waals surface area contributed by atoms with Crippen LogP contribution in [0.1, 0.15) is 55.6 Å². The smallest absolute Gasteiger partial charge is 0.318 e. The van der Waals surface area contributed by atoms with E-state index in [0.29, 0.717) is 76.9 Å². The molecule has 0 radical (unpaired) electrons. The summed E-state index contributed by atoms with van der Waals surface area (Å²) >= 11 is 0. The van der Waals surface area contributed by atoms with Crippen molar-refractivity contribution in [1.82, 2.24) is 34.6 Å². The molecule has 18 nitrogen and oxygen atoms in total. The maximum atomic E-state index is 12.5. The van der Waals surface area contributed by atoms with E-state index in [0.717, 1.165) is 113 Å². The van der Waals surface area contributed by atoms with Crippen molar-refractivity contribution in [1.29, 1.82) is 10.5 Å². The van der Waals surface area contributed by atoms with Gasteiger partial charge in [-0.1, -0.05) is 86.8 Å². The van der Waals surface area contributed by atoms with Gasteiger partial charge in [-0.05, 0) is 74.7 Å². The molecule has 81 heavy (non-hydrogen) atoms. The van der Waals surface area contributed by atoms with Crippen LogP contribution in [0.2, 0.25) is 0 Å². The molecule has 0 aliphatic carbocycles. The number of piperidine rings is 1. The third kappa shape index (κ3) is 13.1. The minimum absolute atomic E-state index is 0. The van der Waals surface area contributed by atoms with Gasteiger partial charge in [0, 0.05) is 112 Å². The Bertz CT molecular complexity index is 3250. The second kappa shape index (κ2) is 26.3. The Labute approximate surface area is 477 Å². The molecule has 2 aromatic heterocycles. The van der Waals surface area contributed by atoms with Gasteiger partial charge in [0.15, 0.2) is 0 Å². The summed E-state index contributed by atoms with van der Waals surface area (Å²) < 4.78 is 24.2. The number of hydrogen-bond acceptors (Lipinski definition) is 17. The Kier molecular flexibility index (Phi) is 18.4. The van der Waals surface area contributed by atoms with Gasteiger partial charge in [-0.25, -0.2) is 0 Å². The summed E-state index contributed by atoms with van der Waals surface area (Å²) in [6.07, 6.45) is 5.96. The van der Waals surface area contributed by atoms with Gasteiger partial charge >= 0.3 is 12.0 Å². The van der Waals surface area contributed by atoms with E-state index in [1.165, 1.54) is 44.6 Å². The summed E-state index contributed by atoms with van der Waals surface area (Å²) in [4.78, 5) is 48.0. The van der Waals surface area contributed by atoms with Crippen LogP contribution in [0.25, 0.3) is 21.5 Å². The molecule has 8 heterocycles. The molecule has 18 heteroatoms. The van der Waals surface area contributed by atoms with E-state index in [1.54, 1.807) is 4.90 Å². The van der Waals surface area contributed by atoms with Crippen LogP contribution in [0.4, 0.5) is 23.0 Å². The van der Waals surface area contributed by atoms with Crippen molar-refractivity contribution in [2.24, 2.45) is 5.92 Å². The van der Waals surface area contributed by atoms with Crippen LogP contribution in [0, 0.1) is 28.6 Å². The number of benzene rings is 4. The molecule has 1 amide bonds. The van der Waals surface area contributed by atoms with Crippen molar-refractivity contribution in [3.8, 4) is 24.2 Å². The Morgan fingerprint density at radius 2 is 1.15 bits per heavy atom. The van der Waals surface area contributed by atoms with Gasteiger partial charge < -0.3 is 53.2 Å². The third-order valence-electron chi connectivity index (χ3n) is 16.5. The van der Waals surface area contributed by atoms with Crippen LogP contribution >= 0.6 is 0 Å². The highest BCUT2D eigenvalue weighted by Gasteiger charge is 2.35. The zero-order valence-electron chi connectivity index (χ0n) is 46.3. The molecule has 4 aromatic carbocycles. The molecule has 424 valence electrons. The van der Waals surface area contributed by atoms with Crippen molar-refractivity contribution < 1.29 is 23.7 Å². The second-order valence-corrected chi connectivity index (χ2v) is 22.0. The minimum Gasteiger partial charge on any atom is -0.461 e. The number of aromatic nitrogens is 4. The Balaban J connectivity index is 0.000000180. The number of piperazine rings is 1. The zero-order chi connectivity index (χ0) is 55.0. The van der Waals surface area contributed by atoms with Gasteiger partial charge in [0.1, 0.15) is 37.1 Å². The molecule has 0 N–H and O–H groups in total. The van der Waals surface area contributed by atoms with Crippen LogP contribution in [-0.4, -0.2) is 171 Å². The van der Waals surface area contributed by atoms with Crippen molar-refractivity contribution in [2.75, 3.05) is 132 Å². The summed E-state index contributed by atoms with van der Waals surface area (Å²) in [7, 11) is 4.19. The molecule has 4 saturated heterocycles. The van der Waals surface area contributed by atoms with E-state index in [4.69, 9.17) is 38.9 Å². The molecule has 12 rings (SSSR count). The number of nitrogens with zero attached hydrogens (tertiary/aromatic N) is 13. The van der Waals surface area contributed by atoms with Crippen LogP contribution in [-0.2, 0) is 40.2 Å². The number of carbonyl (C=O) groups is 1. The maximum absolute atomic E-state index is 12.5. The van der Waals surface area contributed by atoms with E-state index in [9.17, 15) is 15.3 Å². The molecular weight excluding hydrogens is 1020 g/mol. The second-order valence-electron chi connectivity index (χ2n) is 22.0. The molecule has 0 bridgehead atoms. The van der Waals surface area contributed by atoms with Crippen molar-refractivity contribution in [2.45, 2.75) is 77.3 Å². The first-order valence-electron chi connectivity index (χ1n) is 28.5. The number of fused-ring (bicyclic) bond motifs is 4. The quantitative estimate of drug-likeness (QED) is 0.103. The summed E-state index contributed by atoms with van der Waals surface area (Å²) in [5.41, 5.74) is 6.73. The molecule has 6 aromatic rings. The van der Waals surface area contributed by atoms with Crippen LogP contribution in [0.15, 0.2) is 97.6 Å². The highest BCUT2D eigenvalue weighted by atomic mass is 16.5. The van der Waals surface area contributed by atoms with Crippen molar-refractivity contribution >= 4 is 50.5 Å². The summed E-state index contributed by atoms with van der Waals surface area (Å²) in [5.74, 6) is 2.06. The Morgan fingerprint density at radius 3 is 1.67 bits per heavy atom. The Hall–Kier alpha value is -7.61. The van der Waals surface area contributed by atoms with E-state index in [2.05, 4.69) is 147 Å². The molecule has 0 saturated carbocycles. The number of amides is 1. The highest BCUT2D eigenvalue weighted by Crippen LogP contribution is 2.38. The zero-order valence-corrected chi connectivity index (χ0v) is 46.3. The predicted octanol–water partition coefficient (Wildman–Crippen LogP) is 7.69. The van der Waals surface area contributed by atoms with Gasteiger partial charge in [0.2, 0.25) is 5.91 Å². The first-order valence-corrected chi connectivity index (χ1v) is 28.5. The van der Waals surface area contributed by atoms with Gasteiger partial charge in [0.05, 0.1) is 62.3 Å². The van der Waals surface area contributed by atoms with Crippen molar-refractivity contribution in [3.63, 3.8) is 0 Å². The van der Waals surface area contributed by atoms with E-state index in [-0.39, 0.29) is 38.0 Å². The number of carbonyl (C=O) groups excluding carboxylic acids is 1. The number of likely N-dealkylation sites (N-methyl/N-ethyl adjacent to an activating group) is 2. The van der Waals surface area contributed by atoms with Crippen molar-refractivity contribution in [3.05, 3.63) is 120 Å². The molecule has 6 aliphatic rings. The predicted molar refractivity (Wildman–Crippen MR) is 317 cm³/mol. The average molecular weight is 1100 g/mol. The number of rotatable bonds is 13. The van der Waals surface area contributed by atoms with E-state index in [1.807, 2.05) is 0 Å². The summed E-state index contributed by atoms with van der Waals surface area (Å²) in [6, 6.07) is 35.1. The van der Waals surface area contributed by atoms with Crippen LogP contribution < -0.4 is 29.1 Å². The fraction of sp³-hybridized carbons (Fsp3) is 0.476. The lowest BCUT2D eigenvalue weighted by Gasteiger charge is -2.42. The molecule has 4 atom stereocenters. The largest absolute Gasteiger partial charge is 0.461 e. The lowest BCUT2D eigenvalue weighted by atomic mass is 9.94. The monoisotopic (exact) mass is 1100 g/mol. The summed E-state index contributed by atoms with van der Waals surface area (Å²) in [6.45, 7) is 15.9. The first-order chi connectivity index (χ1) is 39.2. The topological polar surface area (TPSA) is 176 Å². The standard InChI is InChI=1S/C32H37N7O3.C30H36N6O2.CH4/c1-3-30(40)39-16-15-38(19-24(39)11-13-33)31-27-12-14-37(29-10-6-8-23-7-4-5-9-26(23)29)21-28(27)34-32(35-31)42-22-25-20-36(2)17-18-41-25;1-34-16-17-37-24(19-34)21-38-30-32-27-20-35(28-10-4-8-23-7-2-3-9-25(23)28)15-12-26(27)29(33-30)36-14-5-6-22(18-36)11-13-31;/h3-10,24-25H,1,11-12,14-22H2,2H3;2-4,7-10,22,24H,5-6,11-12,14-21H2,1H3;1H4/t24?,25-;22?,24-;/m00./s1. The van der Waals surface area contributed by atoms with E-state index < -0.39 is 0 Å². The fourth-order valence-corrected chi connectivity index (χ4v) is 12.4. The minimum atomic E-state index is -0.244. The molecule has 4 fully saturated rings. The normalized spacial score (nSPS) is 21.4. The lowest BCUT2D eigenvalue weighted by Crippen LogP contribution is -2.55. The number of anilines is 4. The molecule has 0 spiro atoms. The van der Waals surface area contributed by atoms with Gasteiger partial charge in [-0.2, -0.15) is 30.5 Å². The van der Waals surface area contributed by atoms with Crippen LogP contribution in [0.3, 0.4) is 0 Å². The highest BCUT2D eigenvalue weighted by molar-refractivity contribution is 5.95. The fourth-order valence-electron chi connectivity index (χ4n) is 12.4. The number of nitriles is 2. The summed E-state index contributed by atoms with van der Waals surface area (Å²) in [5, 5.41) is 23.7. The van der Waals surface area contributed by atoms with Crippen LogP contribution in [0.5, 0.6) is 12.0 Å². The molecule has 6 aliphatic heterocycles. The SMILES string of the molecule is C.C=CC(=O)N1CCN(c2nc(OC[C@@H]3CN(C)CCO3)nc3c2CCN(c2cccc4ccccc24)C3)CC1CC#N.CN1CCO[C@H](COc2nc3c(c(N4CCCC(CC#N)C4)n2)CCN(c2cccc4ccccc24)C3)C1. The van der Waals surface area contributed by atoms with E-state index >= 15 is 0 Å². The number of ether oxygens (including phenoxy) is 4. The van der Waals surface area contributed by atoms with Gasteiger partial charge in [0.25, 0.3) is 0 Å². The van der Waals surface area contributed by atoms with Gasteiger partial charge in [-0.15, -0.1) is 0 Å². The average Bonchev–Trinajstić information content (AvgIpc) is 3.69. The Morgan fingerprint density at radius 1 is 0.630 bits per heavy atom. The molecular formula is C63H77N13O5. The number of hydrogen-bond donors (Lipinski definition) is 0. The lowest BCUT2D eigenvalue weighted by molar-refractivity contribution is -0.128. The molecule has 2 unspecified atom stereocenters. The third-order valence-corrected chi connectivity index (χ3v) is 16.5. The first kappa shape index (κ1) is 56.7. The van der Waals surface area contributed by atoms with Gasteiger partial charge in [-0.3, -0.25) is 4.79 Å². The maximum Gasteiger partial charge on any atom is 0.318 e.